The van der Waals surface area contributed by atoms with Gasteiger partial charge in [-0.1, -0.05) is 48.1 Å². The summed E-state index contributed by atoms with van der Waals surface area (Å²) in [7, 11) is 0. The molecule has 0 atom stereocenters. The van der Waals surface area contributed by atoms with E-state index in [1.165, 1.54) is 24.0 Å². The van der Waals surface area contributed by atoms with E-state index in [1.807, 2.05) is 0 Å². The molecule has 1 aliphatic carbocycles. The highest BCUT2D eigenvalue weighted by Crippen LogP contribution is 2.23. The zero-order chi connectivity index (χ0) is 13.3. The standard InChI is InChI=1S/C19H20/c1-2-18-14-9-10-16-19(18)15-8-4-7-13-17-11-5-3-6-12-17/h1,3,5-6,11-12H,4,7,9-10,13-14,16H2. The van der Waals surface area contributed by atoms with Crippen LogP contribution in [0.15, 0.2) is 41.5 Å². The van der Waals surface area contributed by atoms with Crippen molar-refractivity contribution in [3.05, 3.63) is 47.0 Å². The number of unbranched alkanes of at least 4 members (excludes halogenated alkanes) is 1. The zero-order valence-electron chi connectivity index (χ0n) is 11.4. The number of terminal acetylenes is 1. The van der Waals surface area contributed by atoms with Crippen LogP contribution in [-0.2, 0) is 6.42 Å². The van der Waals surface area contributed by atoms with E-state index in [0.717, 1.165) is 37.7 Å². The number of hydrogen-bond donors (Lipinski definition) is 0. The molecule has 0 radical (unpaired) electrons. The van der Waals surface area contributed by atoms with Gasteiger partial charge in [0.1, 0.15) is 0 Å². The summed E-state index contributed by atoms with van der Waals surface area (Å²) in [6.07, 6.45) is 13.3. The molecule has 0 N–H and O–H groups in total. The van der Waals surface area contributed by atoms with Gasteiger partial charge < -0.3 is 0 Å². The Kier molecular flexibility index (Phi) is 5.33. The molecule has 1 aromatic carbocycles. The molecule has 0 saturated heterocycles. The van der Waals surface area contributed by atoms with Crippen LogP contribution in [0.3, 0.4) is 0 Å². The highest BCUT2D eigenvalue weighted by atomic mass is 14.1. The third-order valence-electron chi connectivity index (χ3n) is 3.49. The van der Waals surface area contributed by atoms with Crippen LogP contribution in [0.5, 0.6) is 0 Å². The predicted molar refractivity (Wildman–Crippen MR) is 81.5 cm³/mol. The van der Waals surface area contributed by atoms with Gasteiger partial charge in [0.2, 0.25) is 0 Å². The summed E-state index contributed by atoms with van der Waals surface area (Å²) in [6, 6.07) is 10.6. The van der Waals surface area contributed by atoms with E-state index < -0.39 is 0 Å². The van der Waals surface area contributed by atoms with Crippen LogP contribution in [0.4, 0.5) is 0 Å². The first-order valence-corrected chi connectivity index (χ1v) is 7.11. The van der Waals surface area contributed by atoms with Crippen LogP contribution in [0, 0.1) is 24.2 Å². The Morgan fingerprint density at radius 1 is 1.00 bits per heavy atom. The van der Waals surface area contributed by atoms with Gasteiger partial charge in [-0.05, 0) is 44.1 Å². The van der Waals surface area contributed by atoms with Crippen LogP contribution in [0.25, 0.3) is 0 Å². The Labute approximate surface area is 116 Å². The van der Waals surface area contributed by atoms with E-state index in [2.05, 4.69) is 48.1 Å². The molecule has 96 valence electrons. The average Bonchev–Trinajstić information content (AvgIpc) is 2.48. The maximum atomic E-state index is 5.52. The minimum absolute atomic E-state index is 0.955. The van der Waals surface area contributed by atoms with Crippen molar-refractivity contribution in [2.75, 3.05) is 0 Å². The maximum Gasteiger partial charge on any atom is 0.0136 e. The fourth-order valence-electron chi connectivity index (χ4n) is 2.40. The Hall–Kier alpha value is -1.92. The first-order chi connectivity index (χ1) is 9.40. The van der Waals surface area contributed by atoms with Crippen molar-refractivity contribution in [3.63, 3.8) is 0 Å². The molecule has 0 unspecified atom stereocenters. The van der Waals surface area contributed by atoms with E-state index in [0.29, 0.717) is 0 Å². The smallest absolute Gasteiger partial charge is 0.0136 e. The van der Waals surface area contributed by atoms with E-state index in [-0.39, 0.29) is 0 Å². The fraction of sp³-hybridized carbons (Fsp3) is 0.368. The summed E-state index contributed by atoms with van der Waals surface area (Å²) >= 11 is 0. The first kappa shape index (κ1) is 13.5. The molecule has 0 amide bonds. The van der Waals surface area contributed by atoms with Gasteiger partial charge in [0.05, 0.1) is 0 Å². The Bertz CT molecular complexity index is 529. The maximum absolute atomic E-state index is 5.52. The van der Waals surface area contributed by atoms with Crippen LogP contribution in [-0.4, -0.2) is 0 Å². The van der Waals surface area contributed by atoms with E-state index >= 15 is 0 Å². The number of aryl methyl sites for hydroxylation is 1. The van der Waals surface area contributed by atoms with Gasteiger partial charge in [0.25, 0.3) is 0 Å². The second kappa shape index (κ2) is 7.50. The van der Waals surface area contributed by atoms with Crippen molar-refractivity contribution in [3.8, 4) is 24.2 Å². The quantitative estimate of drug-likeness (QED) is 0.545. The topological polar surface area (TPSA) is 0 Å². The van der Waals surface area contributed by atoms with Crippen molar-refractivity contribution in [2.45, 2.75) is 44.9 Å². The van der Waals surface area contributed by atoms with Gasteiger partial charge >= 0.3 is 0 Å². The van der Waals surface area contributed by atoms with Gasteiger partial charge in [-0.15, -0.1) is 6.42 Å². The first-order valence-electron chi connectivity index (χ1n) is 7.11. The van der Waals surface area contributed by atoms with Crippen molar-refractivity contribution in [2.24, 2.45) is 0 Å². The van der Waals surface area contributed by atoms with Gasteiger partial charge in [-0.25, -0.2) is 0 Å². The van der Waals surface area contributed by atoms with Crippen LogP contribution in [0.2, 0.25) is 0 Å². The number of benzene rings is 1. The highest BCUT2D eigenvalue weighted by molar-refractivity contribution is 5.43. The molecule has 0 aromatic heterocycles. The molecule has 19 heavy (non-hydrogen) atoms. The lowest BCUT2D eigenvalue weighted by molar-refractivity contribution is 0.699. The number of rotatable bonds is 3. The molecule has 0 spiro atoms. The zero-order valence-corrected chi connectivity index (χ0v) is 11.4. The molecule has 1 aromatic rings. The molecule has 0 heteroatoms. The average molecular weight is 248 g/mol. The molecular weight excluding hydrogens is 228 g/mol. The largest absolute Gasteiger partial charge is 0.115 e. The molecule has 0 aliphatic heterocycles. The molecule has 2 rings (SSSR count). The van der Waals surface area contributed by atoms with E-state index in [1.54, 1.807) is 0 Å². The lowest BCUT2D eigenvalue weighted by Crippen LogP contribution is -1.96. The minimum atomic E-state index is 0.955. The Balaban J connectivity index is 1.82. The van der Waals surface area contributed by atoms with Gasteiger partial charge in [0.15, 0.2) is 0 Å². The summed E-state index contributed by atoms with van der Waals surface area (Å²) < 4.78 is 0. The van der Waals surface area contributed by atoms with Gasteiger partial charge in [-0.2, -0.15) is 0 Å². The summed E-state index contributed by atoms with van der Waals surface area (Å²) in [5.74, 6) is 9.38. The molecule has 0 nitrogen and oxygen atoms in total. The third-order valence-corrected chi connectivity index (χ3v) is 3.49. The van der Waals surface area contributed by atoms with Crippen molar-refractivity contribution >= 4 is 0 Å². The lowest BCUT2D eigenvalue weighted by atomic mass is 9.92. The second-order valence-corrected chi connectivity index (χ2v) is 4.95. The second-order valence-electron chi connectivity index (χ2n) is 4.95. The van der Waals surface area contributed by atoms with Gasteiger partial charge in [0, 0.05) is 17.6 Å². The predicted octanol–water partition coefficient (Wildman–Crippen LogP) is 4.52. The fourth-order valence-corrected chi connectivity index (χ4v) is 2.40. The van der Waals surface area contributed by atoms with Crippen LogP contribution < -0.4 is 0 Å². The highest BCUT2D eigenvalue weighted by Gasteiger charge is 2.08. The van der Waals surface area contributed by atoms with Gasteiger partial charge in [-0.3, -0.25) is 0 Å². The van der Waals surface area contributed by atoms with E-state index in [4.69, 9.17) is 6.42 Å². The summed E-state index contributed by atoms with van der Waals surface area (Å²) in [5, 5.41) is 0. The number of hydrogen-bond acceptors (Lipinski definition) is 0. The molecular formula is C19H20. The lowest BCUT2D eigenvalue weighted by Gasteiger charge is -2.11. The number of allylic oxidation sites excluding steroid dienone is 2. The van der Waals surface area contributed by atoms with Crippen molar-refractivity contribution in [1.82, 2.24) is 0 Å². The third kappa shape index (κ3) is 4.35. The normalized spacial score (nSPS) is 14.5. The van der Waals surface area contributed by atoms with Crippen molar-refractivity contribution in [1.29, 1.82) is 0 Å². The van der Waals surface area contributed by atoms with E-state index in [9.17, 15) is 0 Å². The Morgan fingerprint density at radius 3 is 2.47 bits per heavy atom. The molecule has 0 bridgehead atoms. The van der Waals surface area contributed by atoms with Crippen LogP contribution in [0.1, 0.15) is 44.1 Å². The molecule has 0 saturated carbocycles. The summed E-state index contributed by atoms with van der Waals surface area (Å²) in [5.41, 5.74) is 3.75. The SMILES string of the molecule is C#CC1=C(C#CCCCc2ccccc2)CCCC1. The summed E-state index contributed by atoms with van der Waals surface area (Å²) in [6.45, 7) is 0. The minimum Gasteiger partial charge on any atom is -0.115 e. The molecule has 1 aliphatic rings. The summed E-state index contributed by atoms with van der Waals surface area (Å²) in [4.78, 5) is 0. The molecule has 0 fully saturated rings. The monoisotopic (exact) mass is 248 g/mol. The van der Waals surface area contributed by atoms with Crippen molar-refractivity contribution < 1.29 is 0 Å². The Morgan fingerprint density at radius 2 is 1.74 bits per heavy atom. The van der Waals surface area contributed by atoms with Crippen LogP contribution >= 0.6 is 0 Å². The molecule has 0 heterocycles.